The second-order valence-electron chi connectivity index (χ2n) is 6.31. The van der Waals surface area contributed by atoms with Crippen molar-refractivity contribution in [2.45, 2.75) is 18.2 Å². The van der Waals surface area contributed by atoms with Crippen molar-refractivity contribution in [3.05, 3.63) is 75.0 Å². The monoisotopic (exact) mass is 398 g/mol. The molecule has 3 aromatic rings. The summed E-state index contributed by atoms with van der Waals surface area (Å²) >= 11 is 5.93. The third-order valence-electron chi connectivity index (χ3n) is 4.53. The molecule has 0 radical (unpaired) electrons. The normalized spacial score (nSPS) is 15.6. The van der Waals surface area contributed by atoms with E-state index in [0.29, 0.717) is 44.6 Å². The second kappa shape index (κ2) is 6.87. The fraction of sp³-hybridized carbons (Fsp3) is 0.150. The van der Waals surface area contributed by atoms with Crippen LogP contribution >= 0.6 is 11.6 Å². The van der Waals surface area contributed by atoms with E-state index in [1.54, 1.807) is 42.5 Å². The van der Waals surface area contributed by atoms with Crippen molar-refractivity contribution < 1.29 is 9.00 Å². The highest BCUT2D eigenvalue weighted by molar-refractivity contribution is 7.85. The Hall–Kier alpha value is -2.57. The number of aryl methyl sites for hydroxylation is 1. The standard InChI is InChI=1S/C20H15ClN2O3S/c1-12(24)13-2-7-18-17(10-13)20-14(8-9-27(18)26)11-19(25)23(22-20)16-5-3-15(21)4-6-16/h2-7,10-11H,8-9H2,1H3. The molecule has 0 fully saturated rings. The molecule has 1 atom stereocenters. The number of ketones is 1. The molecule has 0 saturated heterocycles. The van der Waals surface area contributed by atoms with Crippen molar-refractivity contribution in [2.24, 2.45) is 0 Å². The number of carbonyl (C=O) groups is 1. The minimum atomic E-state index is -1.22. The van der Waals surface area contributed by atoms with Gasteiger partial charge in [-0.15, -0.1) is 0 Å². The van der Waals surface area contributed by atoms with Crippen molar-refractivity contribution in [3.8, 4) is 16.9 Å². The average Bonchev–Trinajstić information content (AvgIpc) is 2.78. The van der Waals surface area contributed by atoms with Crippen molar-refractivity contribution >= 4 is 28.2 Å². The lowest BCUT2D eigenvalue weighted by Gasteiger charge is -2.12. The van der Waals surface area contributed by atoms with E-state index in [9.17, 15) is 13.8 Å². The summed E-state index contributed by atoms with van der Waals surface area (Å²) in [6, 6.07) is 13.4. The molecule has 7 heteroatoms. The summed E-state index contributed by atoms with van der Waals surface area (Å²) in [5.74, 6) is 0.325. The van der Waals surface area contributed by atoms with Gasteiger partial charge in [0, 0.05) is 32.9 Å². The van der Waals surface area contributed by atoms with Gasteiger partial charge in [-0.05, 0) is 55.3 Å². The fourth-order valence-corrected chi connectivity index (χ4v) is 4.49. The van der Waals surface area contributed by atoms with Crippen molar-refractivity contribution in [1.82, 2.24) is 9.78 Å². The molecule has 2 heterocycles. The van der Waals surface area contributed by atoms with Gasteiger partial charge < -0.3 is 0 Å². The predicted molar refractivity (Wildman–Crippen MR) is 105 cm³/mol. The lowest BCUT2D eigenvalue weighted by Crippen LogP contribution is -2.22. The SMILES string of the molecule is CC(=O)c1ccc2c(c1)-c1nn(-c3ccc(Cl)cc3)c(=O)cc1CCS2=O. The minimum Gasteiger partial charge on any atom is -0.295 e. The Morgan fingerprint density at radius 3 is 2.59 bits per heavy atom. The van der Waals surface area contributed by atoms with Crippen LogP contribution in [0.25, 0.3) is 16.9 Å². The zero-order valence-corrected chi connectivity index (χ0v) is 16.0. The first kappa shape index (κ1) is 17.8. The molecule has 0 spiro atoms. The topological polar surface area (TPSA) is 69.0 Å². The smallest absolute Gasteiger partial charge is 0.271 e. The number of benzene rings is 2. The van der Waals surface area contributed by atoms with Crippen LogP contribution in [-0.4, -0.2) is 25.5 Å². The van der Waals surface area contributed by atoms with Gasteiger partial charge in [-0.3, -0.25) is 13.8 Å². The van der Waals surface area contributed by atoms with Gasteiger partial charge in [0.15, 0.2) is 5.78 Å². The number of hydrogen-bond acceptors (Lipinski definition) is 4. The number of rotatable bonds is 2. The van der Waals surface area contributed by atoms with Crippen LogP contribution in [0.2, 0.25) is 5.02 Å². The Morgan fingerprint density at radius 1 is 1.15 bits per heavy atom. The predicted octanol–water partition coefficient (Wildman–Crippen LogP) is 3.42. The van der Waals surface area contributed by atoms with Gasteiger partial charge in [0.05, 0.1) is 22.2 Å². The minimum absolute atomic E-state index is 0.0830. The summed E-state index contributed by atoms with van der Waals surface area (Å²) in [5, 5.41) is 5.13. The maximum Gasteiger partial charge on any atom is 0.271 e. The number of fused-ring (bicyclic) bond motifs is 3. The summed E-state index contributed by atoms with van der Waals surface area (Å²) in [6.07, 6.45) is 0.482. The molecule has 0 N–H and O–H groups in total. The number of aromatic nitrogens is 2. The number of hydrogen-bond donors (Lipinski definition) is 0. The number of nitrogens with zero attached hydrogens (tertiary/aromatic N) is 2. The lowest BCUT2D eigenvalue weighted by molar-refractivity contribution is 0.101. The Balaban J connectivity index is 1.99. The van der Waals surface area contributed by atoms with Crippen molar-refractivity contribution in [2.75, 3.05) is 5.75 Å². The third-order valence-corrected chi connectivity index (χ3v) is 6.20. The van der Waals surface area contributed by atoms with E-state index >= 15 is 0 Å². The average molecular weight is 399 g/mol. The molecule has 1 aliphatic rings. The van der Waals surface area contributed by atoms with Crippen LogP contribution in [0.15, 0.2) is 58.2 Å². The number of halogens is 1. The number of Topliss-reactive ketones (excluding diaryl/α,β-unsaturated/α-hetero) is 1. The van der Waals surface area contributed by atoms with Gasteiger partial charge in [-0.1, -0.05) is 17.7 Å². The van der Waals surface area contributed by atoms with E-state index in [1.165, 1.54) is 17.7 Å². The highest BCUT2D eigenvalue weighted by Crippen LogP contribution is 2.32. The summed E-state index contributed by atoms with van der Waals surface area (Å²) in [7, 11) is -1.22. The van der Waals surface area contributed by atoms with E-state index < -0.39 is 10.8 Å². The first-order chi connectivity index (χ1) is 12.9. The molecule has 27 heavy (non-hydrogen) atoms. The Morgan fingerprint density at radius 2 is 1.89 bits per heavy atom. The molecule has 0 saturated carbocycles. The molecular formula is C20H15ClN2O3S. The molecule has 5 nitrogen and oxygen atoms in total. The zero-order chi connectivity index (χ0) is 19.1. The van der Waals surface area contributed by atoms with Crippen molar-refractivity contribution in [1.29, 1.82) is 0 Å². The van der Waals surface area contributed by atoms with Crippen LogP contribution in [0.3, 0.4) is 0 Å². The van der Waals surface area contributed by atoms with Crippen LogP contribution < -0.4 is 5.56 Å². The Kier molecular flexibility index (Phi) is 4.53. The fourth-order valence-electron chi connectivity index (χ4n) is 3.12. The van der Waals surface area contributed by atoms with Gasteiger partial charge in [-0.2, -0.15) is 9.78 Å². The highest BCUT2D eigenvalue weighted by atomic mass is 35.5. The summed E-state index contributed by atoms with van der Waals surface area (Å²) < 4.78 is 13.9. The van der Waals surface area contributed by atoms with Gasteiger partial charge in [0.1, 0.15) is 0 Å². The zero-order valence-electron chi connectivity index (χ0n) is 14.4. The summed E-state index contributed by atoms with van der Waals surface area (Å²) in [5.41, 5.74) is 2.78. The Labute approximate surface area is 163 Å². The Bertz CT molecular complexity index is 1150. The van der Waals surface area contributed by atoms with Gasteiger partial charge in [-0.25, -0.2) is 0 Å². The van der Waals surface area contributed by atoms with Crippen LogP contribution in [0, 0.1) is 0 Å². The van der Waals surface area contributed by atoms with E-state index in [2.05, 4.69) is 5.10 Å². The molecule has 0 amide bonds. The van der Waals surface area contributed by atoms with Gasteiger partial charge >= 0.3 is 0 Å². The molecule has 4 rings (SSSR count). The van der Waals surface area contributed by atoms with Gasteiger partial charge in [0.25, 0.3) is 5.56 Å². The van der Waals surface area contributed by atoms with Crippen LogP contribution in [-0.2, 0) is 17.2 Å². The highest BCUT2D eigenvalue weighted by Gasteiger charge is 2.23. The third kappa shape index (κ3) is 3.26. The molecular weight excluding hydrogens is 384 g/mol. The van der Waals surface area contributed by atoms with Crippen LogP contribution in [0.5, 0.6) is 0 Å². The largest absolute Gasteiger partial charge is 0.295 e. The molecule has 0 aliphatic carbocycles. The second-order valence-corrected chi connectivity index (χ2v) is 8.29. The van der Waals surface area contributed by atoms with Gasteiger partial charge in [0.2, 0.25) is 0 Å². The first-order valence-electron chi connectivity index (χ1n) is 8.37. The van der Waals surface area contributed by atoms with Crippen LogP contribution in [0.4, 0.5) is 0 Å². The summed E-state index contributed by atoms with van der Waals surface area (Å²) in [6.45, 7) is 1.48. The quantitative estimate of drug-likeness (QED) is 0.620. The summed E-state index contributed by atoms with van der Waals surface area (Å²) in [4.78, 5) is 25.0. The number of carbonyl (C=O) groups excluding carboxylic acids is 1. The first-order valence-corrected chi connectivity index (χ1v) is 10.1. The van der Waals surface area contributed by atoms with Crippen molar-refractivity contribution in [3.63, 3.8) is 0 Å². The molecule has 1 unspecified atom stereocenters. The lowest BCUT2D eigenvalue weighted by atomic mass is 10.0. The molecule has 2 aromatic carbocycles. The molecule has 136 valence electrons. The molecule has 0 bridgehead atoms. The van der Waals surface area contributed by atoms with E-state index in [4.69, 9.17) is 11.6 Å². The molecule has 1 aromatic heterocycles. The van der Waals surface area contributed by atoms with Crippen LogP contribution in [0.1, 0.15) is 22.8 Å². The molecule has 1 aliphatic heterocycles. The van der Waals surface area contributed by atoms with E-state index in [0.717, 1.165) is 5.56 Å². The maximum absolute atomic E-state index is 12.6. The maximum atomic E-state index is 12.6. The van der Waals surface area contributed by atoms with E-state index in [-0.39, 0.29) is 11.3 Å². The van der Waals surface area contributed by atoms with E-state index in [1.807, 2.05) is 0 Å².